The minimum absolute atomic E-state index is 0.648. The molecule has 0 aliphatic heterocycles. The summed E-state index contributed by atoms with van der Waals surface area (Å²) < 4.78 is 0. The number of fused-ring (bicyclic) bond motifs is 1. The first-order chi connectivity index (χ1) is 9.36. The molecule has 1 heterocycles. The van der Waals surface area contributed by atoms with Crippen molar-refractivity contribution in [1.82, 2.24) is 15.0 Å². The van der Waals surface area contributed by atoms with Gasteiger partial charge in [-0.05, 0) is 29.3 Å². The van der Waals surface area contributed by atoms with Crippen LogP contribution >= 0.6 is 11.6 Å². The molecule has 0 fully saturated rings. The van der Waals surface area contributed by atoms with E-state index in [4.69, 9.17) is 11.6 Å². The summed E-state index contributed by atoms with van der Waals surface area (Å²) in [6.45, 7) is 0. The summed E-state index contributed by atoms with van der Waals surface area (Å²) in [6, 6.07) is 16.5. The Kier molecular flexibility index (Phi) is 3.21. The fourth-order valence-electron chi connectivity index (χ4n) is 1.73. The van der Waals surface area contributed by atoms with Crippen molar-refractivity contribution < 1.29 is 0 Å². The highest BCUT2D eigenvalue weighted by atomic mass is 35.5. The van der Waals surface area contributed by atoms with Crippen LogP contribution in [0.15, 0.2) is 55.1 Å². The van der Waals surface area contributed by atoms with Crippen molar-refractivity contribution in [3.63, 3.8) is 0 Å². The fraction of sp³-hybridized carbons (Fsp3) is 0. The molecular weight excluding hydrogens is 258 g/mol. The fourth-order valence-corrected chi connectivity index (χ4v) is 2.03. The zero-order valence-corrected chi connectivity index (χ0v) is 10.7. The highest BCUT2D eigenvalue weighted by molar-refractivity contribution is 6.35. The van der Waals surface area contributed by atoms with E-state index < -0.39 is 0 Å². The predicted molar refractivity (Wildman–Crippen MR) is 74.5 cm³/mol. The van der Waals surface area contributed by atoms with Crippen LogP contribution in [0.3, 0.4) is 0 Å². The van der Waals surface area contributed by atoms with Gasteiger partial charge in [-0.15, -0.1) is 0 Å². The van der Waals surface area contributed by atoms with Gasteiger partial charge in [-0.1, -0.05) is 41.9 Å². The molecule has 19 heavy (non-hydrogen) atoms. The third-order valence-corrected chi connectivity index (χ3v) is 2.94. The zero-order valence-electron chi connectivity index (χ0n) is 9.92. The van der Waals surface area contributed by atoms with Gasteiger partial charge in [-0.25, -0.2) is 15.0 Å². The Morgan fingerprint density at radius 3 is 2.16 bits per heavy atom. The first-order valence-corrected chi connectivity index (χ1v) is 6.11. The minimum atomic E-state index is 0.648. The Labute approximate surface area is 116 Å². The summed E-state index contributed by atoms with van der Waals surface area (Å²) in [6.07, 6.45) is 2.95. The molecular formula is C15H9ClN3. The molecule has 2 aliphatic rings. The number of nitrogens with zero attached hydrogens (tertiary/aromatic N) is 3. The third kappa shape index (κ3) is 2.61. The quantitative estimate of drug-likeness (QED) is 0.528. The molecule has 3 nitrogen and oxygen atoms in total. The first-order valence-electron chi connectivity index (χ1n) is 5.73. The van der Waals surface area contributed by atoms with Gasteiger partial charge in [0.05, 0.1) is 5.02 Å². The molecule has 4 heteroatoms. The summed E-state index contributed by atoms with van der Waals surface area (Å²) in [7, 11) is 0. The normalized spacial score (nSPS) is 10.4. The summed E-state index contributed by atoms with van der Waals surface area (Å²) in [4.78, 5) is 11.9. The van der Waals surface area contributed by atoms with Gasteiger partial charge in [0.25, 0.3) is 0 Å². The average molecular weight is 267 g/mol. The molecule has 1 aromatic carbocycles. The molecule has 0 N–H and O–H groups in total. The van der Waals surface area contributed by atoms with Gasteiger partial charge in [0.1, 0.15) is 12.7 Å². The Hall–Kier alpha value is -2.26. The van der Waals surface area contributed by atoms with Crippen LogP contribution in [0.25, 0.3) is 22.5 Å². The maximum Gasteiger partial charge on any atom is 0.164 e. The molecule has 91 valence electrons. The van der Waals surface area contributed by atoms with Crippen LogP contribution in [0.1, 0.15) is 0 Å². The molecule has 2 aromatic rings. The van der Waals surface area contributed by atoms with Crippen molar-refractivity contribution in [1.29, 1.82) is 0 Å². The predicted octanol–water partition coefficient (Wildman–Crippen LogP) is 3.66. The number of benzene rings is 2. The van der Waals surface area contributed by atoms with E-state index in [1.165, 1.54) is 18.2 Å². The van der Waals surface area contributed by atoms with E-state index in [0.717, 1.165) is 16.1 Å². The highest BCUT2D eigenvalue weighted by Gasteiger charge is 2.24. The smallest absolute Gasteiger partial charge is 0.164 e. The SMILES string of the molecule is Clc1cc2cc-2c1-c1ncncn1.[c]1ccccc1. The van der Waals surface area contributed by atoms with E-state index in [9.17, 15) is 0 Å². The van der Waals surface area contributed by atoms with Gasteiger partial charge < -0.3 is 0 Å². The first kappa shape index (κ1) is 11.8. The maximum absolute atomic E-state index is 6.00. The van der Waals surface area contributed by atoms with E-state index >= 15 is 0 Å². The number of hydrogen-bond donors (Lipinski definition) is 0. The van der Waals surface area contributed by atoms with Crippen molar-refractivity contribution in [3.05, 3.63) is 66.2 Å². The van der Waals surface area contributed by atoms with Crippen molar-refractivity contribution in [2.75, 3.05) is 0 Å². The second-order valence-corrected chi connectivity index (χ2v) is 4.33. The van der Waals surface area contributed by atoms with Gasteiger partial charge in [0.2, 0.25) is 0 Å². The molecule has 0 unspecified atom stereocenters. The van der Waals surface area contributed by atoms with Crippen molar-refractivity contribution >= 4 is 11.6 Å². The van der Waals surface area contributed by atoms with Crippen LogP contribution in [-0.2, 0) is 0 Å². The molecule has 0 amide bonds. The van der Waals surface area contributed by atoms with E-state index in [-0.39, 0.29) is 0 Å². The Bertz CT molecular complexity index is 658. The minimum Gasteiger partial charge on any atom is -0.225 e. The van der Waals surface area contributed by atoms with Crippen LogP contribution in [0, 0.1) is 6.07 Å². The van der Waals surface area contributed by atoms with E-state index in [1.54, 1.807) is 0 Å². The van der Waals surface area contributed by atoms with Gasteiger partial charge in [0.15, 0.2) is 5.82 Å². The summed E-state index contributed by atoms with van der Waals surface area (Å²) in [5.41, 5.74) is 3.29. The van der Waals surface area contributed by atoms with Crippen molar-refractivity contribution in [3.8, 4) is 22.5 Å². The average Bonchev–Trinajstić information content (AvgIpc) is 3.14. The van der Waals surface area contributed by atoms with Crippen LogP contribution in [0.2, 0.25) is 5.02 Å². The summed E-state index contributed by atoms with van der Waals surface area (Å²) in [5, 5.41) is 0.721. The monoisotopic (exact) mass is 266 g/mol. The molecule has 2 aliphatic carbocycles. The summed E-state index contributed by atoms with van der Waals surface area (Å²) >= 11 is 6.00. The molecule has 0 saturated heterocycles. The highest BCUT2D eigenvalue weighted by Crippen LogP contribution is 2.47. The van der Waals surface area contributed by atoms with Gasteiger partial charge >= 0.3 is 0 Å². The lowest BCUT2D eigenvalue weighted by Gasteiger charge is -1.95. The Morgan fingerprint density at radius 2 is 1.68 bits per heavy atom. The molecule has 0 bridgehead atoms. The van der Waals surface area contributed by atoms with Crippen molar-refractivity contribution in [2.24, 2.45) is 0 Å². The molecule has 1 aromatic heterocycles. The van der Waals surface area contributed by atoms with E-state index in [2.05, 4.69) is 27.1 Å². The Balaban J connectivity index is 0.000000155. The number of aromatic nitrogens is 3. The third-order valence-electron chi connectivity index (χ3n) is 2.64. The lowest BCUT2D eigenvalue weighted by molar-refractivity contribution is 1.06. The second kappa shape index (κ2) is 5.16. The topological polar surface area (TPSA) is 38.7 Å². The zero-order chi connectivity index (χ0) is 13.1. The van der Waals surface area contributed by atoms with Crippen LogP contribution in [0.4, 0.5) is 0 Å². The standard InChI is InChI=1S/C9H4ClN3.C6H5/c10-7-2-5-1-6(5)8(7)9-12-3-11-4-13-9;1-2-4-6-5-3-1/h1-4H;1-5H. The second-order valence-electron chi connectivity index (χ2n) is 3.92. The molecule has 0 saturated carbocycles. The number of hydrogen-bond acceptors (Lipinski definition) is 3. The van der Waals surface area contributed by atoms with Crippen molar-refractivity contribution in [2.45, 2.75) is 0 Å². The largest absolute Gasteiger partial charge is 0.225 e. The molecule has 1 radical (unpaired) electrons. The molecule has 0 atom stereocenters. The van der Waals surface area contributed by atoms with Gasteiger partial charge in [-0.2, -0.15) is 0 Å². The lowest BCUT2D eigenvalue weighted by Crippen LogP contribution is -1.87. The summed E-state index contributed by atoms with van der Waals surface area (Å²) in [5.74, 6) is 0.648. The lowest BCUT2D eigenvalue weighted by atomic mass is 10.3. The molecule has 4 rings (SSSR count). The van der Waals surface area contributed by atoms with Crippen LogP contribution in [-0.4, -0.2) is 15.0 Å². The van der Waals surface area contributed by atoms with E-state index in [1.807, 2.05) is 36.4 Å². The Morgan fingerprint density at radius 1 is 0.947 bits per heavy atom. The van der Waals surface area contributed by atoms with Crippen LogP contribution < -0.4 is 0 Å². The maximum atomic E-state index is 6.00. The van der Waals surface area contributed by atoms with Crippen LogP contribution in [0.5, 0.6) is 0 Å². The van der Waals surface area contributed by atoms with E-state index in [0.29, 0.717) is 5.82 Å². The van der Waals surface area contributed by atoms with Gasteiger partial charge in [0, 0.05) is 5.56 Å². The van der Waals surface area contributed by atoms with Gasteiger partial charge in [-0.3, -0.25) is 0 Å². The number of halogens is 1. The molecule has 0 spiro atoms. The number of rotatable bonds is 1.